The second kappa shape index (κ2) is 11.1. The molecule has 11 heteroatoms. The van der Waals surface area contributed by atoms with Crippen molar-refractivity contribution in [1.82, 2.24) is 9.97 Å². The number of aromatic nitrogens is 2. The summed E-state index contributed by atoms with van der Waals surface area (Å²) in [6.07, 6.45) is -0.254. The lowest BCUT2D eigenvalue weighted by Gasteiger charge is -2.11. The summed E-state index contributed by atoms with van der Waals surface area (Å²) in [7, 11) is 0. The van der Waals surface area contributed by atoms with Crippen molar-refractivity contribution in [2.45, 2.75) is 19.5 Å². The molecule has 0 spiro atoms. The Morgan fingerprint density at radius 1 is 0.972 bits per heavy atom. The van der Waals surface area contributed by atoms with Gasteiger partial charge in [-0.25, -0.2) is 14.8 Å². The Bertz CT molecular complexity index is 1310. The van der Waals surface area contributed by atoms with Crippen LogP contribution in [0.3, 0.4) is 0 Å². The van der Waals surface area contributed by atoms with Gasteiger partial charge in [0, 0.05) is 24.5 Å². The third kappa shape index (κ3) is 6.72. The zero-order chi connectivity index (χ0) is 25.5. The van der Waals surface area contributed by atoms with Gasteiger partial charge in [-0.05, 0) is 60.5 Å². The Kier molecular flexibility index (Phi) is 7.69. The third-order valence-corrected chi connectivity index (χ3v) is 5.84. The van der Waals surface area contributed by atoms with Crippen molar-refractivity contribution in [2.24, 2.45) is 0 Å². The fourth-order valence-corrected chi connectivity index (χ4v) is 3.96. The first-order valence-corrected chi connectivity index (χ1v) is 11.8. The number of anilines is 3. The van der Waals surface area contributed by atoms with Crippen LogP contribution in [-0.2, 0) is 6.18 Å². The van der Waals surface area contributed by atoms with E-state index in [1.807, 2.05) is 30.5 Å². The van der Waals surface area contributed by atoms with E-state index in [4.69, 9.17) is 4.74 Å². The highest BCUT2D eigenvalue weighted by molar-refractivity contribution is 7.18. The molecule has 4 rings (SSSR count). The molecule has 0 saturated carbocycles. The van der Waals surface area contributed by atoms with Crippen LogP contribution in [0.5, 0.6) is 11.6 Å². The minimum Gasteiger partial charge on any atom is -0.439 e. The average Bonchev–Trinajstić information content (AvgIpc) is 3.33. The summed E-state index contributed by atoms with van der Waals surface area (Å²) in [4.78, 5) is 21.7. The third-order valence-electron chi connectivity index (χ3n) is 4.84. The Balaban J connectivity index is 1.32. The topological polar surface area (TPSA) is 88.2 Å². The second-order valence-corrected chi connectivity index (χ2v) is 8.66. The van der Waals surface area contributed by atoms with Crippen molar-refractivity contribution >= 4 is 33.9 Å². The number of pyridine rings is 1. The number of nitrogens with zero attached hydrogens (tertiary/aromatic N) is 2. The molecule has 4 aromatic rings. The van der Waals surface area contributed by atoms with Crippen LogP contribution in [0.25, 0.3) is 10.4 Å². The van der Waals surface area contributed by atoms with E-state index in [1.54, 1.807) is 23.5 Å². The molecule has 2 heterocycles. The van der Waals surface area contributed by atoms with Crippen molar-refractivity contribution in [1.29, 1.82) is 0 Å². The Labute approximate surface area is 209 Å². The lowest BCUT2D eigenvalue weighted by molar-refractivity contribution is -0.137. The molecule has 2 aromatic carbocycles. The van der Waals surface area contributed by atoms with Gasteiger partial charge in [-0.2, -0.15) is 13.2 Å². The van der Waals surface area contributed by atoms with Gasteiger partial charge in [0.05, 0.1) is 22.3 Å². The fourth-order valence-electron chi connectivity index (χ4n) is 3.11. The molecule has 0 radical (unpaired) electrons. The number of alkyl halides is 3. The van der Waals surface area contributed by atoms with Crippen LogP contribution in [0.4, 0.5) is 34.5 Å². The maximum atomic E-state index is 12.8. The van der Waals surface area contributed by atoms with Crippen molar-refractivity contribution in [3.05, 3.63) is 78.6 Å². The van der Waals surface area contributed by atoms with Crippen LogP contribution < -0.4 is 20.7 Å². The van der Waals surface area contributed by atoms with E-state index < -0.39 is 17.8 Å². The molecule has 0 bridgehead atoms. The second-order valence-electron chi connectivity index (χ2n) is 7.63. The van der Waals surface area contributed by atoms with Gasteiger partial charge in [0.1, 0.15) is 5.75 Å². The SMILES string of the molecule is CCCNc1ncc(-c2ccc(Oc3ccc(NC(=O)Nc4cccc(C(F)(F)F)c4)cn3)cc2)s1. The summed E-state index contributed by atoms with van der Waals surface area (Å²) in [5.74, 6) is 0.901. The predicted molar refractivity (Wildman–Crippen MR) is 135 cm³/mol. The largest absolute Gasteiger partial charge is 0.439 e. The Morgan fingerprint density at radius 2 is 1.75 bits per heavy atom. The van der Waals surface area contributed by atoms with Crippen LogP contribution in [0.15, 0.2) is 73.1 Å². The lowest BCUT2D eigenvalue weighted by Crippen LogP contribution is -2.19. The zero-order valence-electron chi connectivity index (χ0n) is 19.1. The number of urea groups is 1. The van der Waals surface area contributed by atoms with E-state index >= 15 is 0 Å². The summed E-state index contributed by atoms with van der Waals surface area (Å²) in [5, 5.41) is 9.04. The number of nitrogens with one attached hydrogen (secondary N) is 3. The number of benzene rings is 2. The number of amides is 2. The van der Waals surface area contributed by atoms with E-state index in [1.165, 1.54) is 18.3 Å². The minimum absolute atomic E-state index is 0.0189. The van der Waals surface area contributed by atoms with Crippen molar-refractivity contribution in [3.63, 3.8) is 0 Å². The summed E-state index contributed by atoms with van der Waals surface area (Å²) >= 11 is 1.58. The van der Waals surface area contributed by atoms with Gasteiger partial charge in [-0.3, -0.25) is 0 Å². The first kappa shape index (κ1) is 25.0. The molecular weight excluding hydrogens is 491 g/mol. The van der Waals surface area contributed by atoms with E-state index in [2.05, 4.69) is 32.8 Å². The summed E-state index contributed by atoms with van der Waals surface area (Å²) in [5.41, 5.74) is 0.534. The molecule has 0 saturated heterocycles. The molecule has 7 nitrogen and oxygen atoms in total. The van der Waals surface area contributed by atoms with Gasteiger partial charge in [0.25, 0.3) is 0 Å². The summed E-state index contributed by atoms with van der Waals surface area (Å²) < 4.78 is 44.2. The molecule has 186 valence electrons. The van der Waals surface area contributed by atoms with Crippen LogP contribution >= 0.6 is 11.3 Å². The Morgan fingerprint density at radius 3 is 2.44 bits per heavy atom. The molecular formula is C25H22F3N5O2S. The smallest absolute Gasteiger partial charge is 0.416 e. The molecule has 2 amide bonds. The lowest BCUT2D eigenvalue weighted by atomic mass is 10.2. The van der Waals surface area contributed by atoms with Gasteiger partial charge >= 0.3 is 12.2 Å². The van der Waals surface area contributed by atoms with Crippen molar-refractivity contribution in [3.8, 4) is 22.1 Å². The van der Waals surface area contributed by atoms with Gasteiger partial charge in [-0.15, -0.1) is 0 Å². The number of halogens is 3. The molecule has 0 atom stereocenters. The van der Waals surface area contributed by atoms with Crippen LogP contribution in [-0.4, -0.2) is 22.5 Å². The van der Waals surface area contributed by atoms with Gasteiger partial charge in [0.2, 0.25) is 5.88 Å². The van der Waals surface area contributed by atoms with Crippen LogP contribution in [0, 0.1) is 0 Å². The maximum Gasteiger partial charge on any atom is 0.416 e. The van der Waals surface area contributed by atoms with Gasteiger partial charge in [-0.1, -0.05) is 24.3 Å². The van der Waals surface area contributed by atoms with Gasteiger partial charge in [0.15, 0.2) is 5.13 Å². The van der Waals surface area contributed by atoms with E-state index in [0.29, 0.717) is 17.3 Å². The van der Waals surface area contributed by atoms with E-state index in [-0.39, 0.29) is 5.69 Å². The number of carbonyl (C=O) groups is 1. The van der Waals surface area contributed by atoms with Crippen molar-refractivity contribution in [2.75, 3.05) is 22.5 Å². The quantitative estimate of drug-likeness (QED) is 0.227. The molecule has 3 N–H and O–H groups in total. The van der Waals surface area contributed by atoms with Crippen LogP contribution in [0.1, 0.15) is 18.9 Å². The standard InChI is InChI=1S/C25H22F3N5O2S/c1-2-12-29-24-31-15-21(36-24)16-6-9-20(10-7-16)35-22-11-8-19(14-30-22)33-23(34)32-18-5-3-4-17(13-18)25(26,27)28/h3-11,13-15H,2,12H2,1H3,(H,29,31)(H2,32,33,34). The molecule has 0 unspecified atom stereocenters. The number of thiazole rings is 1. The molecule has 36 heavy (non-hydrogen) atoms. The highest BCUT2D eigenvalue weighted by Crippen LogP contribution is 2.32. The molecule has 0 fully saturated rings. The zero-order valence-corrected chi connectivity index (χ0v) is 19.9. The van der Waals surface area contributed by atoms with E-state index in [9.17, 15) is 18.0 Å². The van der Waals surface area contributed by atoms with Crippen LogP contribution in [0.2, 0.25) is 0 Å². The maximum absolute atomic E-state index is 12.8. The number of rotatable bonds is 8. The number of carbonyl (C=O) groups excluding carboxylic acids is 1. The normalized spacial score (nSPS) is 11.1. The predicted octanol–water partition coefficient (Wildman–Crippen LogP) is 7.48. The van der Waals surface area contributed by atoms with Gasteiger partial charge < -0.3 is 20.7 Å². The number of ether oxygens (including phenoxy) is 1. The molecule has 2 aromatic heterocycles. The monoisotopic (exact) mass is 513 g/mol. The highest BCUT2D eigenvalue weighted by Gasteiger charge is 2.30. The van der Waals surface area contributed by atoms with E-state index in [0.717, 1.165) is 40.7 Å². The molecule has 0 aliphatic rings. The molecule has 0 aliphatic heterocycles. The number of hydrogen-bond donors (Lipinski definition) is 3. The summed E-state index contributed by atoms with van der Waals surface area (Å²) in [6.45, 7) is 2.97. The first-order valence-electron chi connectivity index (χ1n) is 11.0. The average molecular weight is 514 g/mol. The molecule has 0 aliphatic carbocycles. The minimum atomic E-state index is -4.50. The highest BCUT2D eigenvalue weighted by atomic mass is 32.1. The Hall–Kier alpha value is -4.12. The fraction of sp³-hybridized carbons (Fsp3) is 0.160. The first-order chi connectivity index (χ1) is 17.3. The van der Waals surface area contributed by atoms with Crippen molar-refractivity contribution < 1.29 is 22.7 Å². The summed E-state index contributed by atoms with van der Waals surface area (Å²) in [6, 6.07) is 14.3. The number of hydrogen-bond acceptors (Lipinski definition) is 6.